The molecular formula is C15H9BrClNO3. The first-order chi connectivity index (χ1) is 10.1. The minimum absolute atomic E-state index is 0.188. The van der Waals surface area contributed by atoms with E-state index in [1.54, 1.807) is 37.4 Å². The zero-order valence-corrected chi connectivity index (χ0v) is 13.2. The largest absolute Gasteiger partial charge is 0.496 e. The van der Waals surface area contributed by atoms with Crippen molar-refractivity contribution < 1.29 is 9.15 Å². The monoisotopic (exact) mass is 365 g/mol. The highest BCUT2D eigenvalue weighted by Gasteiger charge is 2.13. The van der Waals surface area contributed by atoms with Gasteiger partial charge in [0.05, 0.1) is 23.6 Å². The number of aromatic nitrogens is 1. The third-order valence-electron chi connectivity index (χ3n) is 2.98. The third kappa shape index (κ3) is 2.66. The van der Waals surface area contributed by atoms with Crippen molar-refractivity contribution >= 4 is 38.4 Å². The quantitative estimate of drug-likeness (QED) is 0.679. The van der Waals surface area contributed by atoms with E-state index in [2.05, 4.69) is 20.9 Å². The molecule has 0 aliphatic rings. The van der Waals surface area contributed by atoms with Crippen molar-refractivity contribution in [2.75, 3.05) is 7.11 Å². The summed E-state index contributed by atoms with van der Waals surface area (Å²) in [7, 11) is 1.54. The van der Waals surface area contributed by atoms with E-state index in [4.69, 9.17) is 20.8 Å². The number of ether oxygens (including phenoxy) is 1. The van der Waals surface area contributed by atoms with Gasteiger partial charge >= 0.3 is 5.63 Å². The maximum atomic E-state index is 12.1. The van der Waals surface area contributed by atoms with Crippen molar-refractivity contribution in [3.05, 3.63) is 56.3 Å². The van der Waals surface area contributed by atoms with Crippen molar-refractivity contribution in [2.24, 2.45) is 0 Å². The summed E-state index contributed by atoms with van der Waals surface area (Å²) in [5.41, 5.74) is 0.607. The topological polar surface area (TPSA) is 52.3 Å². The van der Waals surface area contributed by atoms with Gasteiger partial charge in [0.25, 0.3) is 0 Å². The molecule has 0 amide bonds. The van der Waals surface area contributed by atoms with E-state index in [0.717, 1.165) is 4.47 Å². The summed E-state index contributed by atoms with van der Waals surface area (Å²) in [6, 6.07) is 10.2. The van der Waals surface area contributed by atoms with Crippen LogP contribution in [0, 0.1) is 0 Å². The van der Waals surface area contributed by atoms with Crippen LogP contribution in [-0.4, -0.2) is 12.1 Å². The van der Waals surface area contributed by atoms with Crippen LogP contribution in [0.15, 0.2) is 50.1 Å². The highest BCUT2D eigenvalue weighted by atomic mass is 79.9. The van der Waals surface area contributed by atoms with E-state index < -0.39 is 5.63 Å². The second-order valence-corrected chi connectivity index (χ2v) is 5.66. The Kier molecular flexibility index (Phi) is 3.69. The van der Waals surface area contributed by atoms with Gasteiger partial charge in [-0.1, -0.05) is 27.5 Å². The number of halogens is 2. The van der Waals surface area contributed by atoms with Gasteiger partial charge in [0.15, 0.2) is 0 Å². The summed E-state index contributed by atoms with van der Waals surface area (Å²) >= 11 is 9.33. The van der Waals surface area contributed by atoms with E-state index in [-0.39, 0.29) is 5.89 Å². The number of fused-ring (bicyclic) bond motifs is 1. The fourth-order valence-electron chi connectivity index (χ4n) is 2.01. The molecule has 3 rings (SSSR count). The summed E-state index contributed by atoms with van der Waals surface area (Å²) in [6.45, 7) is 0. The van der Waals surface area contributed by atoms with Gasteiger partial charge in [-0.25, -0.2) is 9.78 Å². The fraction of sp³-hybridized carbons (Fsp3) is 0.0667. The summed E-state index contributed by atoms with van der Waals surface area (Å²) < 4.78 is 11.4. The average Bonchev–Trinajstić information content (AvgIpc) is 2.46. The summed E-state index contributed by atoms with van der Waals surface area (Å²) in [6.07, 6.45) is 0. The lowest BCUT2D eigenvalue weighted by molar-refractivity contribution is 0.413. The first kappa shape index (κ1) is 14.1. The zero-order chi connectivity index (χ0) is 15.0. The molecule has 21 heavy (non-hydrogen) atoms. The average molecular weight is 367 g/mol. The Bertz CT molecular complexity index is 892. The molecule has 0 fully saturated rings. The molecule has 1 aromatic heterocycles. The minimum atomic E-state index is -0.464. The van der Waals surface area contributed by atoms with Crippen molar-refractivity contribution in [1.29, 1.82) is 0 Å². The molecule has 0 aliphatic carbocycles. The highest BCUT2D eigenvalue weighted by Crippen LogP contribution is 2.31. The van der Waals surface area contributed by atoms with Crippen LogP contribution in [-0.2, 0) is 0 Å². The second kappa shape index (κ2) is 5.50. The Morgan fingerprint density at radius 1 is 1.24 bits per heavy atom. The second-order valence-electron chi connectivity index (χ2n) is 4.31. The van der Waals surface area contributed by atoms with Gasteiger partial charge in [0, 0.05) is 9.50 Å². The molecule has 0 spiro atoms. The fourth-order valence-corrected chi connectivity index (χ4v) is 2.53. The van der Waals surface area contributed by atoms with Crippen LogP contribution < -0.4 is 10.4 Å². The molecule has 2 aromatic carbocycles. The molecule has 0 unspecified atom stereocenters. The first-order valence-corrected chi connectivity index (χ1v) is 7.20. The van der Waals surface area contributed by atoms with Crippen molar-refractivity contribution in [3.8, 4) is 17.2 Å². The molecule has 106 valence electrons. The molecule has 1 heterocycles. The zero-order valence-electron chi connectivity index (χ0n) is 10.9. The molecule has 0 N–H and O–H groups in total. The standard InChI is InChI=1S/C15H9BrClNO3/c1-20-13-5-2-8(16)6-11(13)14-18-12-7-9(17)3-4-10(12)15(19)21-14/h2-7H,1H3. The van der Waals surface area contributed by atoms with E-state index in [1.807, 2.05) is 6.07 Å². The normalized spacial score (nSPS) is 10.8. The number of methoxy groups -OCH3 is 1. The molecular weight excluding hydrogens is 358 g/mol. The van der Waals surface area contributed by atoms with Gasteiger partial charge in [-0.3, -0.25) is 0 Å². The van der Waals surface area contributed by atoms with E-state index in [0.29, 0.717) is 27.2 Å². The predicted molar refractivity (Wildman–Crippen MR) is 85.0 cm³/mol. The van der Waals surface area contributed by atoms with Gasteiger partial charge in [-0.15, -0.1) is 0 Å². The third-order valence-corrected chi connectivity index (χ3v) is 3.71. The van der Waals surface area contributed by atoms with Crippen molar-refractivity contribution in [3.63, 3.8) is 0 Å². The Hall–Kier alpha value is -1.85. The van der Waals surface area contributed by atoms with Gasteiger partial charge in [-0.05, 0) is 36.4 Å². The van der Waals surface area contributed by atoms with Crippen LogP contribution in [0.2, 0.25) is 5.02 Å². The van der Waals surface area contributed by atoms with Crippen LogP contribution >= 0.6 is 27.5 Å². The Balaban J connectivity index is 2.31. The number of hydrogen-bond donors (Lipinski definition) is 0. The Morgan fingerprint density at radius 2 is 2.05 bits per heavy atom. The predicted octanol–water partition coefficient (Wildman–Crippen LogP) is 4.28. The number of rotatable bonds is 2. The summed E-state index contributed by atoms with van der Waals surface area (Å²) in [5, 5.41) is 0.893. The maximum absolute atomic E-state index is 12.1. The van der Waals surface area contributed by atoms with Crippen molar-refractivity contribution in [2.45, 2.75) is 0 Å². The van der Waals surface area contributed by atoms with Crippen LogP contribution in [0.1, 0.15) is 0 Å². The molecule has 0 saturated heterocycles. The van der Waals surface area contributed by atoms with Crippen LogP contribution in [0.4, 0.5) is 0 Å². The molecule has 0 radical (unpaired) electrons. The summed E-state index contributed by atoms with van der Waals surface area (Å²) in [5.74, 6) is 0.753. The van der Waals surface area contributed by atoms with Gasteiger partial charge in [0.2, 0.25) is 5.89 Å². The van der Waals surface area contributed by atoms with E-state index in [9.17, 15) is 4.79 Å². The van der Waals surface area contributed by atoms with Gasteiger partial charge in [-0.2, -0.15) is 0 Å². The van der Waals surface area contributed by atoms with Crippen molar-refractivity contribution in [1.82, 2.24) is 4.98 Å². The van der Waals surface area contributed by atoms with E-state index >= 15 is 0 Å². The smallest absolute Gasteiger partial charge is 0.347 e. The van der Waals surface area contributed by atoms with Gasteiger partial charge in [0.1, 0.15) is 5.75 Å². The lowest BCUT2D eigenvalue weighted by Gasteiger charge is -2.08. The molecule has 4 nitrogen and oxygen atoms in total. The number of nitrogens with zero attached hydrogens (tertiary/aromatic N) is 1. The summed E-state index contributed by atoms with van der Waals surface area (Å²) in [4.78, 5) is 16.4. The maximum Gasteiger partial charge on any atom is 0.347 e. The molecule has 0 saturated carbocycles. The SMILES string of the molecule is COc1ccc(Br)cc1-c1nc2cc(Cl)ccc2c(=O)o1. The van der Waals surface area contributed by atoms with Crippen LogP contribution in [0.25, 0.3) is 22.4 Å². The molecule has 0 atom stereocenters. The first-order valence-electron chi connectivity index (χ1n) is 6.03. The molecule has 3 aromatic rings. The lowest BCUT2D eigenvalue weighted by Crippen LogP contribution is -2.03. The Labute approximate surface area is 133 Å². The van der Waals surface area contributed by atoms with Crippen LogP contribution in [0.3, 0.4) is 0 Å². The number of hydrogen-bond acceptors (Lipinski definition) is 4. The molecule has 0 aliphatic heterocycles. The lowest BCUT2D eigenvalue weighted by atomic mass is 10.2. The Morgan fingerprint density at radius 3 is 2.81 bits per heavy atom. The van der Waals surface area contributed by atoms with Gasteiger partial charge < -0.3 is 9.15 Å². The molecule has 6 heteroatoms. The minimum Gasteiger partial charge on any atom is -0.496 e. The highest BCUT2D eigenvalue weighted by molar-refractivity contribution is 9.10. The molecule has 0 bridgehead atoms. The van der Waals surface area contributed by atoms with E-state index in [1.165, 1.54) is 0 Å². The number of benzene rings is 2. The van der Waals surface area contributed by atoms with Crippen LogP contribution in [0.5, 0.6) is 5.75 Å².